The Bertz CT molecular complexity index is 1020. The number of ether oxygens (including phenoxy) is 1. The van der Waals surface area contributed by atoms with Crippen molar-refractivity contribution in [1.29, 1.82) is 0 Å². The summed E-state index contributed by atoms with van der Waals surface area (Å²) < 4.78 is 5.67. The molecule has 1 saturated heterocycles. The summed E-state index contributed by atoms with van der Waals surface area (Å²) in [6, 6.07) is 5.61. The number of hydrogen-bond acceptors (Lipinski definition) is 7. The smallest absolute Gasteiger partial charge is 0.204 e. The first-order valence-electron chi connectivity index (χ1n) is 9.09. The van der Waals surface area contributed by atoms with E-state index in [0.29, 0.717) is 48.2 Å². The molecule has 138 valence electrons. The maximum absolute atomic E-state index is 13.1. The Morgan fingerprint density at radius 2 is 2.07 bits per heavy atom. The van der Waals surface area contributed by atoms with Crippen molar-refractivity contribution < 1.29 is 14.6 Å². The van der Waals surface area contributed by atoms with Crippen molar-refractivity contribution in [3.05, 3.63) is 41.1 Å². The molecule has 4 heterocycles. The molecule has 1 aromatic heterocycles. The van der Waals surface area contributed by atoms with Gasteiger partial charge in [-0.05, 0) is 37.1 Å². The van der Waals surface area contributed by atoms with Crippen LogP contribution in [-0.2, 0) is 0 Å². The van der Waals surface area contributed by atoms with Crippen LogP contribution >= 0.6 is 0 Å². The number of aliphatic imine (C=N–C) groups is 1. The summed E-state index contributed by atoms with van der Waals surface area (Å²) in [5.41, 5.74) is 2.34. The van der Waals surface area contributed by atoms with Gasteiger partial charge in [0.1, 0.15) is 12.4 Å². The standard InChI is InChI=1S/C20H20N4O3/c1-11-7-14-15(8-12(11)2)23-19-20(26,17(14)25)3-5-24(19)13-9-16-18(22-10-13)21-4-6-27-16/h7-10,26H,3-6H2,1-2H3,(H,21,22)/t20-/m1/s1. The minimum Gasteiger partial charge on any atom is -0.488 e. The van der Waals surface area contributed by atoms with Crippen LogP contribution in [0.5, 0.6) is 5.75 Å². The predicted molar refractivity (Wildman–Crippen MR) is 102 cm³/mol. The summed E-state index contributed by atoms with van der Waals surface area (Å²) in [6.45, 7) is 5.74. The highest BCUT2D eigenvalue weighted by molar-refractivity contribution is 6.28. The second kappa shape index (κ2) is 5.53. The summed E-state index contributed by atoms with van der Waals surface area (Å²) in [6.07, 6.45) is 2.02. The van der Waals surface area contributed by atoms with E-state index in [4.69, 9.17) is 4.74 Å². The summed E-state index contributed by atoms with van der Waals surface area (Å²) in [5, 5.41) is 14.4. The molecule has 0 radical (unpaired) electrons. The Balaban J connectivity index is 1.62. The van der Waals surface area contributed by atoms with Gasteiger partial charge in [-0.3, -0.25) is 4.79 Å². The van der Waals surface area contributed by atoms with Crippen molar-refractivity contribution >= 4 is 28.8 Å². The van der Waals surface area contributed by atoms with Gasteiger partial charge >= 0.3 is 0 Å². The van der Waals surface area contributed by atoms with Gasteiger partial charge in [-0.15, -0.1) is 0 Å². The van der Waals surface area contributed by atoms with E-state index in [-0.39, 0.29) is 5.78 Å². The summed E-state index contributed by atoms with van der Waals surface area (Å²) in [5.74, 6) is 1.46. The normalized spacial score (nSPS) is 23.0. The number of fused-ring (bicyclic) bond motifs is 3. The zero-order valence-corrected chi connectivity index (χ0v) is 15.2. The maximum Gasteiger partial charge on any atom is 0.204 e. The topological polar surface area (TPSA) is 87.0 Å². The summed E-state index contributed by atoms with van der Waals surface area (Å²) >= 11 is 0. The number of amidine groups is 1. The third-order valence-corrected chi connectivity index (χ3v) is 5.58. The first-order chi connectivity index (χ1) is 13.0. The first kappa shape index (κ1) is 16.3. The van der Waals surface area contributed by atoms with Crippen LogP contribution in [0.2, 0.25) is 0 Å². The molecule has 27 heavy (non-hydrogen) atoms. The lowest BCUT2D eigenvalue weighted by Gasteiger charge is -2.30. The Morgan fingerprint density at radius 1 is 1.26 bits per heavy atom. The summed E-state index contributed by atoms with van der Waals surface area (Å²) in [4.78, 5) is 24.1. The highest BCUT2D eigenvalue weighted by atomic mass is 16.5. The quantitative estimate of drug-likeness (QED) is 0.808. The number of pyridine rings is 1. The van der Waals surface area contributed by atoms with E-state index < -0.39 is 5.60 Å². The highest BCUT2D eigenvalue weighted by Gasteiger charge is 2.52. The Morgan fingerprint density at radius 3 is 2.93 bits per heavy atom. The molecule has 3 aliphatic heterocycles. The van der Waals surface area contributed by atoms with Crippen molar-refractivity contribution in [3.8, 4) is 5.75 Å². The van der Waals surface area contributed by atoms with Crippen molar-refractivity contribution in [2.24, 2.45) is 4.99 Å². The molecule has 0 saturated carbocycles. The number of aryl methyl sites for hydroxylation is 2. The van der Waals surface area contributed by atoms with Crippen LogP contribution < -0.4 is 15.0 Å². The number of nitrogens with one attached hydrogen (secondary N) is 1. The van der Waals surface area contributed by atoms with E-state index in [0.717, 1.165) is 23.4 Å². The Hall–Kier alpha value is -2.93. The number of anilines is 2. The molecule has 0 bridgehead atoms. The fourth-order valence-corrected chi connectivity index (χ4v) is 3.90. The Labute approximate surface area is 156 Å². The molecule has 1 fully saturated rings. The lowest BCUT2D eigenvalue weighted by molar-refractivity contribution is 0.0602. The molecule has 0 spiro atoms. The molecule has 5 rings (SSSR count). The number of rotatable bonds is 1. The SMILES string of the molecule is Cc1cc2c(cc1C)C(=O)[C@]1(O)CCN(c3cnc4c(c3)OCCN4)C1=N2. The van der Waals surface area contributed by atoms with Gasteiger partial charge in [0.15, 0.2) is 17.2 Å². The fourth-order valence-electron chi connectivity index (χ4n) is 3.90. The van der Waals surface area contributed by atoms with Gasteiger partial charge in [0.05, 0.1) is 24.1 Å². The number of Topliss-reactive ketones (excluding diaryl/α,β-unsaturated/α-hetero) is 1. The second-order valence-corrected chi connectivity index (χ2v) is 7.30. The number of benzene rings is 1. The molecule has 1 atom stereocenters. The van der Waals surface area contributed by atoms with Gasteiger partial charge in [0, 0.05) is 24.6 Å². The van der Waals surface area contributed by atoms with Gasteiger partial charge in [-0.1, -0.05) is 0 Å². The van der Waals surface area contributed by atoms with Gasteiger partial charge in [0.25, 0.3) is 0 Å². The van der Waals surface area contributed by atoms with Crippen LogP contribution in [-0.4, -0.2) is 47.0 Å². The number of ketones is 1. The fraction of sp³-hybridized carbons (Fsp3) is 0.350. The van der Waals surface area contributed by atoms with E-state index in [1.807, 2.05) is 36.9 Å². The zero-order valence-electron chi connectivity index (χ0n) is 15.2. The molecule has 7 nitrogen and oxygen atoms in total. The highest BCUT2D eigenvalue weighted by Crippen LogP contribution is 2.41. The van der Waals surface area contributed by atoms with Crippen LogP contribution in [0.3, 0.4) is 0 Å². The number of carbonyl (C=O) groups is 1. The third-order valence-electron chi connectivity index (χ3n) is 5.58. The van der Waals surface area contributed by atoms with E-state index in [1.165, 1.54) is 0 Å². The van der Waals surface area contributed by atoms with E-state index in [2.05, 4.69) is 15.3 Å². The minimum absolute atomic E-state index is 0.281. The average molecular weight is 364 g/mol. The average Bonchev–Trinajstić information content (AvgIpc) is 3.01. The number of aromatic nitrogens is 1. The zero-order chi connectivity index (χ0) is 18.8. The molecular formula is C20H20N4O3. The van der Waals surface area contributed by atoms with Gasteiger partial charge in [-0.2, -0.15) is 0 Å². The van der Waals surface area contributed by atoms with E-state index in [9.17, 15) is 9.90 Å². The van der Waals surface area contributed by atoms with Crippen LogP contribution in [0.1, 0.15) is 27.9 Å². The number of hydrogen-bond donors (Lipinski definition) is 2. The predicted octanol–water partition coefficient (Wildman–Crippen LogP) is 2.37. The molecule has 2 aromatic rings. The van der Waals surface area contributed by atoms with Crippen molar-refractivity contribution in [2.45, 2.75) is 25.9 Å². The molecule has 0 aliphatic carbocycles. The van der Waals surface area contributed by atoms with E-state index >= 15 is 0 Å². The number of carbonyl (C=O) groups excluding carboxylic acids is 1. The molecule has 3 aliphatic rings. The number of aliphatic hydroxyl groups is 1. The molecule has 2 N–H and O–H groups in total. The van der Waals surface area contributed by atoms with Crippen LogP contribution in [0.25, 0.3) is 0 Å². The second-order valence-electron chi connectivity index (χ2n) is 7.30. The van der Waals surface area contributed by atoms with Gasteiger partial charge < -0.3 is 20.1 Å². The molecule has 1 aromatic carbocycles. The van der Waals surface area contributed by atoms with Crippen LogP contribution in [0.15, 0.2) is 29.4 Å². The van der Waals surface area contributed by atoms with Crippen molar-refractivity contribution in [3.63, 3.8) is 0 Å². The van der Waals surface area contributed by atoms with Crippen molar-refractivity contribution in [2.75, 3.05) is 29.9 Å². The minimum atomic E-state index is -1.59. The lowest BCUT2D eigenvalue weighted by Crippen LogP contribution is -2.48. The van der Waals surface area contributed by atoms with Crippen LogP contribution in [0, 0.1) is 13.8 Å². The maximum atomic E-state index is 13.1. The largest absolute Gasteiger partial charge is 0.488 e. The molecule has 0 unspecified atom stereocenters. The summed E-state index contributed by atoms with van der Waals surface area (Å²) in [7, 11) is 0. The number of nitrogens with zero attached hydrogens (tertiary/aromatic N) is 3. The van der Waals surface area contributed by atoms with Gasteiger partial charge in [-0.25, -0.2) is 9.98 Å². The van der Waals surface area contributed by atoms with Gasteiger partial charge in [0.2, 0.25) is 5.78 Å². The Kier molecular flexibility index (Phi) is 3.33. The van der Waals surface area contributed by atoms with Crippen LogP contribution in [0.4, 0.5) is 17.2 Å². The molecule has 7 heteroatoms. The lowest BCUT2D eigenvalue weighted by atomic mass is 9.86. The third kappa shape index (κ3) is 2.28. The monoisotopic (exact) mass is 364 g/mol. The molecule has 0 amide bonds. The first-order valence-corrected chi connectivity index (χ1v) is 9.09. The molecular weight excluding hydrogens is 344 g/mol. The van der Waals surface area contributed by atoms with Crippen molar-refractivity contribution in [1.82, 2.24) is 4.98 Å². The van der Waals surface area contributed by atoms with E-state index in [1.54, 1.807) is 6.20 Å².